The minimum absolute atomic E-state index is 0.0671. The molecule has 0 aromatic heterocycles. The van der Waals surface area contributed by atoms with Crippen LogP contribution in [0.5, 0.6) is 0 Å². The Hall–Kier alpha value is -1.23. The van der Waals surface area contributed by atoms with E-state index in [0.717, 1.165) is 0 Å². The van der Waals surface area contributed by atoms with Gasteiger partial charge in [0.2, 0.25) is 0 Å². The van der Waals surface area contributed by atoms with Crippen molar-refractivity contribution < 1.29 is 30.3 Å². The summed E-state index contributed by atoms with van der Waals surface area (Å²) in [5, 5.41) is 55.2. The molecule has 0 heterocycles. The van der Waals surface area contributed by atoms with E-state index in [-0.39, 0.29) is 19.4 Å². The second kappa shape index (κ2) is 10.7. The van der Waals surface area contributed by atoms with Gasteiger partial charge in [0.15, 0.2) is 0 Å². The highest BCUT2D eigenvalue weighted by molar-refractivity contribution is 5.72. The number of rotatable bonds is 8. The van der Waals surface area contributed by atoms with E-state index in [0.29, 0.717) is 12.8 Å². The molecule has 0 aliphatic heterocycles. The van der Waals surface area contributed by atoms with Gasteiger partial charge < -0.3 is 41.9 Å². The Bertz CT molecular complexity index is 436. The minimum Gasteiger partial charge on any atom is -0.393 e. The van der Waals surface area contributed by atoms with Gasteiger partial charge in [-0.25, -0.2) is 4.79 Å². The lowest BCUT2D eigenvalue weighted by Crippen LogP contribution is -2.57. The van der Waals surface area contributed by atoms with Crippen molar-refractivity contribution in [3.63, 3.8) is 0 Å². The van der Waals surface area contributed by atoms with Gasteiger partial charge in [0.1, 0.15) is 6.10 Å². The number of aliphatic hydroxyl groups is 5. The van der Waals surface area contributed by atoms with E-state index in [9.17, 15) is 30.3 Å². The Morgan fingerprint density at radius 2 is 1.84 bits per heavy atom. The molecule has 9 nitrogen and oxygen atoms in total. The SMILES string of the molecule is CCC(O)CC(O)C(CNC1C/C=C\CC(O)C(O)C1O)NC(N)=O. The van der Waals surface area contributed by atoms with Crippen LogP contribution in [0.1, 0.15) is 32.6 Å². The van der Waals surface area contributed by atoms with Gasteiger partial charge in [-0.2, -0.15) is 0 Å². The average molecular weight is 361 g/mol. The fourth-order valence-corrected chi connectivity index (χ4v) is 2.78. The van der Waals surface area contributed by atoms with Crippen LogP contribution in [-0.2, 0) is 0 Å². The van der Waals surface area contributed by atoms with Crippen LogP contribution in [0.4, 0.5) is 4.79 Å². The summed E-state index contributed by atoms with van der Waals surface area (Å²) in [5.41, 5.74) is 5.13. The van der Waals surface area contributed by atoms with Crippen LogP contribution in [0.3, 0.4) is 0 Å². The van der Waals surface area contributed by atoms with Gasteiger partial charge in [-0.05, 0) is 19.3 Å². The topological polar surface area (TPSA) is 168 Å². The predicted molar refractivity (Wildman–Crippen MR) is 91.6 cm³/mol. The summed E-state index contributed by atoms with van der Waals surface area (Å²) < 4.78 is 0. The van der Waals surface area contributed by atoms with E-state index in [1.54, 1.807) is 19.1 Å². The molecule has 146 valence electrons. The molecule has 7 unspecified atom stereocenters. The van der Waals surface area contributed by atoms with E-state index in [4.69, 9.17) is 5.73 Å². The van der Waals surface area contributed by atoms with Crippen molar-refractivity contribution in [2.24, 2.45) is 5.73 Å². The molecule has 9 N–H and O–H groups in total. The summed E-state index contributed by atoms with van der Waals surface area (Å²) in [6.07, 6.45) is -0.645. The summed E-state index contributed by atoms with van der Waals surface area (Å²) in [7, 11) is 0. The van der Waals surface area contributed by atoms with Crippen molar-refractivity contribution in [1.82, 2.24) is 10.6 Å². The molecule has 9 heteroatoms. The summed E-state index contributed by atoms with van der Waals surface area (Å²) in [4.78, 5) is 11.2. The van der Waals surface area contributed by atoms with E-state index in [2.05, 4.69) is 10.6 Å². The van der Waals surface area contributed by atoms with Gasteiger partial charge in [0.05, 0.1) is 30.5 Å². The molecule has 0 aromatic rings. The highest BCUT2D eigenvalue weighted by Gasteiger charge is 2.32. The Labute approximate surface area is 147 Å². The molecular weight excluding hydrogens is 330 g/mol. The molecule has 0 fully saturated rings. The van der Waals surface area contributed by atoms with Crippen LogP contribution >= 0.6 is 0 Å². The Morgan fingerprint density at radius 1 is 1.20 bits per heavy atom. The van der Waals surface area contributed by atoms with E-state index in [1.165, 1.54) is 0 Å². The lowest BCUT2D eigenvalue weighted by molar-refractivity contribution is -0.0723. The average Bonchev–Trinajstić information content (AvgIpc) is 2.56. The molecule has 2 amide bonds. The van der Waals surface area contributed by atoms with Crippen LogP contribution in [0.2, 0.25) is 0 Å². The third-order valence-corrected chi connectivity index (χ3v) is 4.47. The van der Waals surface area contributed by atoms with Gasteiger partial charge in [-0.1, -0.05) is 19.1 Å². The first-order valence-corrected chi connectivity index (χ1v) is 8.60. The fourth-order valence-electron chi connectivity index (χ4n) is 2.78. The normalized spacial score (nSPS) is 32.1. The molecule has 0 radical (unpaired) electrons. The highest BCUT2D eigenvalue weighted by atomic mass is 16.4. The number of urea groups is 1. The second-order valence-corrected chi connectivity index (χ2v) is 6.49. The maximum Gasteiger partial charge on any atom is 0.312 e. The quantitative estimate of drug-likeness (QED) is 0.230. The molecule has 1 aliphatic rings. The summed E-state index contributed by atoms with van der Waals surface area (Å²) in [5.74, 6) is 0. The van der Waals surface area contributed by atoms with Crippen molar-refractivity contribution in [3.05, 3.63) is 12.2 Å². The molecule has 1 rings (SSSR count). The molecule has 0 spiro atoms. The standard InChI is InChI=1S/C16H31N3O6/c1-2-9(20)7-13(22)11(19-16(17)25)8-18-10-5-3-4-6-12(21)15(24)14(10)23/h3-4,9-15,18,20-24H,2,5-8H2,1H3,(H3,17,19,25)/b4-3-. The summed E-state index contributed by atoms with van der Waals surface area (Å²) in [6.45, 7) is 1.84. The molecule has 0 saturated carbocycles. The summed E-state index contributed by atoms with van der Waals surface area (Å²) in [6, 6.07) is -2.17. The van der Waals surface area contributed by atoms with Crippen LogP contribution in [0.15, 0.2) is 12.2 Å². The minimum atomic E-state index is -1.31. The number of aliphatic hydroxyl groups excluding tert-OH is 5. The van der Waals surface area contributed by atoms with E-state index < -0.39 is 48.6 Å². The number of hydrogen-bond acceptors (Lipinski definition) is 7. The second-order valence-electron chi connectivity index (χ2n) is 6.49. The molecule has 0 aromatic carbocycles. The van der Waals surface area contributed by atoms with E-state index in [1.807, 2.05) is 0 Å². The molecular formula is C16H31N3O6. The van der Waals surface area contributed by atoms with Gasteiger partial charge in [-0.3, -0.25) is 0 Å². The third kappa shape index (κ3) is 7.27. The first kappa shape index (κ1) is 21.8. The number of carbonyl (C=O) groups excluding carboxylic acids is 1. The van der Waals surface area contributed by atoms with Crippen LogP contribution < -0.4 is 16.4 Å². The predicted octanol–water partition coefficient (Wildman–Crippen LogP) is -2.06. The number of hydrogen-bond donors (Lipinski definition) is 8. The largest absolute Gasteiger partial charge is 0.393 e. The number of carbonyl (C=O) groups is 1. The van der Waals surface area contributed by atoms with Gasteiger partial charge in [-0.15, -0.1) is 0 Å². The number of primary amides is 1. The zero-order valence-corrected chi connectivity index (χ0v) is 14.5. The van der Waals surface area contributed by atoms with Crippen LogP contribution in [-0.4, -0.2) is 80.7 Å². The van der Waals surface area contributed by atoms with Crippen molar-refractivity contribution in [2.45, 2.75) is 75.2 Å². The number of nitrogens with two attached hydrogens (primary N) is 1. The molecule has 25 heavy (non-hydrogen) atoms. The molecule has 1 aliphatic carbocycles. The molecule has 0 saturated heterocycles. The number of amides is 2. The van der Waals surface area contributed by atoms with Gasteiger partial charge in [0, 0.05) is 19.0 Å². The Morgan fingerprint density at radius 3 is 2.44 bits per heavy atom. The third-order valence-electron chi connectivity index (χ3n) is 4.47. The van der Waals surface area contributed by atoms with Gasteiger partial charge in [0.25, 0.3) is 0 Å². The lowest BCUT2D eigenvalue weighted by Gasteiger charge is -2.33. The summed E-state index contributed by atoms with van der Waals surface area (Å²) >= 11 is 0. The van der Waals surface area contributed by atoms with Crippen LogP contribution in [0, 0.1) is 0 Å². The van der Waals surface area contributed by atoms with Gasteiger partial charge >= 0.3 is 6.03 Å². The molecule has 7 atom stereocenters. The lowest BCUT2D eigenvalue weighted by atomic mass is 9.93. The zero-order valence-electron chi connectivity index (χ0n) is 14.5. The monoisotopic (exact) mass is 361 g/mol. The Balaban J connectivity index is 2.71. The Kier molecular flexibility index (Phi) is 9.33. The highest BCUT2D eigenvalue weighted by Crippen LogP contribution is 2.15. The van der Waals surface area contributed by atoms with Crippen molar-refractivity contribution in [1.29, 1.82) is 0 Å². The molecule has 0 bridgehead atoms. The van der Waals surface area contributed by atoms with Crippen molar-refractivity contribution in [2.75, 3.05) is 6.54 Å². The smallest absolute Gasteiger partial charge is 0.312 e. The first-order valence-electron chi connectivity index (χ1n) is 8.60. The van der Waals surface area contributed by atoms with Crippen LogP contribution in [0.25, 0.3) is 0 Å². The first-order chi connectivity index (χ1) is 11.8. The van der Waals surface area contributed by atoms with E-state index >= 15 is 0 Å². The maximum atomic E-state index is 11.2. The zero-order chi connectivity index (χ0) is 19.0. The van der Waals surface area contributed by atoms with Crippen molar-refractivity contribution >= 4 is 6.03 Å². The van der Waals surface area contributed by atoms with Crippen molar-refractivity contribution in [3.8, 4) is 0 Å². The number of nitrogens with one attached hydrogen (secondary N) is 2. The maximum absolute atomic E-state index is 11.2. The fraction of sp³-hybridized carbons (Fsp3) is 0.812.